The number of carboxylic acid groups (broad SMARTS) is 1. The van der Waals surface area contributed by atoms with Gasteiger partial charge < -0.3 is 25.3 Å². The predicted octanol–water partition coefficient (Wildman–Crippen LogP) is 4.21. The number of nitro groups is 1. The molecule has 0 saturated heterocycles. The van der Waals surface area contributed by atoms with E-state index in [1.165, 1.54) is 22.5 Å². The van der Waals surface area contributed by atoms with E-state index in [1.807, 2.05) is 48.5 Å². The molecule has 10 nitrogen and oxygen atoms in total. The average Bonchev–Trinajstić information content (AvgIpc) is 3.39. The lowest BCUT2D eigenvalue weighted by Gasteiger charge is -2.17. The number of fused-ring (bicyclic) bond motifs is 3. The predicted molar refractivity (Wildman–Crippen MR) is 135 cm³/mol. The van der Waals surface area contributed by atoms with Crippen LogP contribution in [0.4, 0.5) is 10.6 Å². The van der Waals surface area contributed by atoms with Gasteiger partial charge in [-0.1, -0.05) is 48.5 Å². The Morgan fingerprint density at radius 2 is 1.81 bits per heavy atom. The van der Waals surface area contributed by atoms with Crippen LogP contribution in [0.5, 0.6) is 0 Å². The standard InChI is InChI=1S/C25H26N4O6S/c1-16-26-14-23(29(33)34)28(16)11-13-36-12-10-22(24(30)31)27-25(32)35-15-21-19-8-4-2-6-17(19)18-7-3-5-9-20(18)21/h2-9,14,21-22H,10-13,15H2,1H3,(H,27,32)(H,30,31). The van der Waals surface area contributed by atoms with Crippen LogP contribution in [0.15, 0.2) is 54.7 Å². The zero-order chi connectivity index (χ0) is 25.7. The summed E-state index contributed by atoms with van der Waals surface area (Å²) in [6, 6.07) is 14.8. The summed E-state index contributed by atoms with van der Waals surface area (Å²) in [5.41, 5.74) is 4.37. The summed E-state index contributed by atoms with van der Waals surface area (Å²) in [5, 5.41) is 23.1. The summed E-state index contributed by atoms with van der Waals surface area (Å²) >= 11 is 1.45. The smallest absolute Gasteiger partial charge is 0.407 e. The van der Waals surface area contributed by atoms with Crippen LogP contribution in [0.25, 0.3) is 11.1 Å². The van der Waals surface area contributed by atoms with E-state index in [0.717, 1.165) is 22.3 Å². The Kier molecular flexibility index (Phi) is 7.89. The lowest BCUT2D eigenvalue weighted by molar-refractivity contribution is -0.392. The molecule has 1 amide bonds. The number of nitrogens with one attached hydrogen (secondary N) is 1. The van der Waals surface area contributed by atoms with E-state index in [-0.39, 0.29) is 24.8 Å². The second kappa shape index (κ2) is 11.3. The van der Waals surface area contributed by atoms with Gasteiger partial charge in [-0.15, -0.1) is 0 Å². The molecule has 0 bridgehead atoms. The lowest BCUT2D eigenvalue weighted by Crippen LogP contribution is -2.41. The number of aliphatic carboxylic acids is 1. The second-order valence-corrected chi connectivity index (χ2v) is 9.56. The first-order valence-corrected chi connectivity index (χ1v) is 12.6. The van der Waals surface area contributed by atoms with E-state index in [0.29, 0.717) is 23.9 Å². The molecule has 4 rings (SSSR count). The van der Waals surface area contributed by atoms with Crippen molar-refractivity contribution >= 4 is 29.6 Å². The van der Waals surface area contributed by atoms with E-state index in [1.54, 1.807) is 6.92 Å². The third kappa shape index (κ3) is 5.51. The van der Waals surface area contributed by atoms with Gasteiger partial charge in [-0.25, -0.2) is 19.1 Å². The Hall–Kier alpha value is -3.86. The van der Waals surface area contributed by atoms with E-state index >= 15 is 0 Å². The van der Waals surface area contributed by atoms with Crippen LogP contribution in [0.2, 0.25) is 0 Å². The number of aromatic nitrogens is 2. The van der Waals surface area contributed by atoms with Gasteiger partial charge in [0.25, 0.3) is 0 Å². The highest BCUT2D eigenvalue weighted by molar-refractivity contribution is 7.99. The number of carbonyl (C=O) groups is 2. The maximum absolute atomic E-state index is 12.4. The largest absolute Gasteiger partial charge is 0.480 e. The second-order valence-electron chi connectivity index (χ2n) is 8.33. The molecule has 0 spiro atoms. The number of nitrogens with zero attached hydrogens (tertiary/aromatic N) is 3. The van der Waals surface area contributed by atoms with Gasteiger partial charge in [0.15, 0.2) is 5.82 Å². The van der Waals surface area contributed by atoms with Gasteiger partial charge >= 0.3 is 17.9 Å². The molecule has 0 fully saturated rings. The monoisotopic (exact) mass is 510 g/mol. The summed E-state index contributed by atoms with van der Waals surface area (Å²) in [5.74, 6) is 0.191. The Labute approximate surface area is 211 Å². The van der Waals surface area contributed by atoms with E-state index in [2.05, 4.69) is 10.3 Å². The molecule has 1 aliphatic rings. The highest BCUT2D eigenvalue weighted by atomic mass is 32.2. The summed E-state index contributed by atoms with van der Waals surface area (Å²) in [4.78, 5) is 38.7. The van der Waals surface area contributed by atoms with E-state index < -0.39 is 23.0 Å². The third-order valence-electron chi connectivity index (χ3n) is 6.17. The molecule has 11 heteroatoms. The van der Waals surface area contributed by atoms with Crippen molar-refractivity contribution in [2.75, 3.05) is 18.1 Å². The molecule has 0 aliphatic heterocycles. The first kappa shape index (κ1) is 25.2. The molecule has 3 aromatic rings. The van der Waals surface area contributed by atoms with Crippen molar-refractivity contribution in [3.63, 3.8) is 0 Å². The van der Waals surface area contributed by atoms with Crippen LogP contribution < -0.4 is 5.32 Å². The van der Waals surface area contributed by atoms with Crippen LogP contribution >= 0.6 is 11.8 Å². The molecule has 1 aromatic heterocycles. The number of rotatable bonds is 11. The molecular formula is C25H26N4O6S. The number of hydrogen-bond donors (Lipinski definition) is 2. The topological polar surface area (TPSA) is 137 Å². The van der Waals surface area contributed by atoms with Crippen molar-refractivity contribution in [2.24, 2.45) is 0 Å². The summed E-state index contributed by atoms with van der Waals surface area (Å²) in [6.45, 7) is 2.17. The molecule has 1 aliphatic carbocycles. The number of thioether (sulfide) groups is 1. The van der Waals surface area contributed by atoms with Crippen molar-refractivity contribution in [3.8, 4) is 11.1 Å². The van der Waals surface area contributed by atoms with Gasteiger partial charge in [-0.05, 0) is 39.4 Å². The first-order valence-electron chi connectivity index (χ1n) is 11.5. The molecule has 2 aromatic carbocycles. The average molecular weight is 511 g/mol. The van der Waals surface area contributed by atoms with Gasteiger partial charge in [0, 0.05) is 18.6 Å². The quantitative estimate of drug-likeness (QED) is 0.222. The van der Waals surface area contributed by atoms with E-state index in [4.69, 9.17) is 4.74 Å². The first-order chi connectivity index (χ1) is 17.4. The van der Waals surface area contributed by atoms with Crippen LogP contribution in [0.3, 0.4) is 0 Å². The van der Waals surface area contributed by atoms with E-state index in [9.17, 15) is 24.8 Å². The van der Waals surface area contributed by atoms with Crippen molar-refractivity contribution in [3.05, 3.63) is 81.8 Å². The normalized spacial score (nSPS) is 13.0. The summed E-state index contributed by atoms with van der Waals surface area (Å²) < 4.78 is 6.96. The number of aryl methyl sites for hydroxylation is 1. The minimum absolute atomic E-state index is 0.0755. The fraction of sp³-hybridized carbons (Fsp3) is 0.320. The van der Waals surface area contributed by atoms with Crippen molar-refractivity contribution in [1.82, 2.24) is 14.9 Å². The Morgan fingerprint density at radius 3 is 2.42 bits per heavy atom. The minimum Gasteiger partial charge on any atom is -0.480 e. The van der Waals surface area contributed by atoms with Crippen molar-refractivity contribution < 1.29 is 24.4 Å². The van der Waals surface area contributed by atoms with Gasteiger partial charge in [0.05, 0.1) is 0 Å². The molecular weight excluding hydrogens is 484 g/mol. The molecule has 36 heavy (non-hydrogen) atoms. The van der Waals surface area contributed by atoms with Gasteiger partial charge in [0.1, 0.15) is 25.4 Å². The minimum atomic E-state index is -1.15. The fourth-order valence-electron chi connectivity index (χ4n) is 4.38. The molecule has 0 saturated carbocycles. The molecule has 1 unspecified atom stereocenters. The number of carboxylic acids is 1. The highest BCUT2D eigenvalue weighted by Crippen LogP contribution is 2.44. The summed E-state index contributed by atoms with van der Waals surface area (Å²) in [6.07, 6.45) is 0.632. The number of hydrogen-bond acceptors (Lipinski definition) is 7. The fourth-order valence-corrected chi connectivity index (χ4v) is 5.30. The van der Waals surface area contributed by atoms with Gasteiger partial charge in [-0.2, -0.15) is 11.8 Å². The Bertz CT molecular complexity index is 1230. The maximum atomic E-state index is 12.4. The van der Waals surface area contributed by atoms with Crippen LogP contribution in [0.1, 0.15) is 29.3 Å². The maximum Gasteiger partial charge on any atom is 0.407 e. The van der Waals surface area contributed by atoms with Crippen molar-refractivity contribution in [1.29, 1.82) is 0 Å². The van der Waals surface area contributed by atoms with Crippen molar-refractivity contribution in [2.45, 2.75) is 31.8 Å². The number of amides is 1. The number of benzene rings is 2. The molecule has 188 valence electrons. The van der Waals surface area contributed by atoms with Gasteiger partial charge in [0.2, 0.25) is 0 Å². The number of ether oxygens (including phenoxy) is 1. The Balaban J connectivity index is 1.26. The molecule has 2 N–H and O–H groups in total. The highest BCUT2D eigenvalue weighted by Gasteiger charge is 2.29. The molecule has 1 heterocycles. The van der Waals surface area contributed by atoms with Crippen LogP contribution in [-0.4, -0.2) is 55.8 Å². The zero-order valence-electron chi connectivity index (χ0n) is 19.6. The third-order valence-corrected chi connectivity index (χ3v) is 7.16. The SMILES string of the molecule is Cc1ncc([N+](=O)[O-])n1CCSCCC(NC(=O)OCC1c2ccccc2-c2ccccc21)C(=O)O. The van der Waals surface area contributed by atoms with Crippen LogP contribution in [-0.2, 0) is 16.1 Å². The molecule has 1 atom stereocenters. The summed E-state index contributed by atoms with van der Waals surface area (Å²) in [7, 11) is 0. The zero-order valence-corrected chi connectivity index (χ0v) is 20.4. The number of alkyl carbamates (subject to hydrolysis) is 1. The Morgan fingerprint density at radius 1 is 1.17 bits per heavy atom. The van der Waals surface area contributed by atoms with Gasteiger partial charge in [-0.3, -0.25) is 0 Å². The molecule has 0 radical (unpaired) electrons. The number of imidazole rings is 1. The lowest BCUT2D eigenvalue weighted by atomic mass is 9.98. The van der Waals surface area contributed by atoms with Crippen LogP contribution in [0, 0.1) is 17.0 Å². The number of carbonyl (C=O) groups excluding carboxylic acids is 1.